The van der Waals surface area contributed by atoms with Gasteiger partial charge >= 0.3 is 0 Å². The molecule has 0 spiro atoms. The molecule has 0 atom stereocenters. The highest BCUT2D eigenvalue weighted by molar-refractivity contribution is 8.00. The van der Waals surface area contributed by atoms with E-state index in [0.717, 1.165) is 16.8 Å². The van der Waals surface area contributed by atoms with Crippen LogP contribution in [0.4, 0.5) is 5.69 Å². The molecule has 0 aliphatic carbocycles. The molecule has 2 rings (SSSR count). The molecule has 136 valence electrons. The fourth-order valence-corrected chi connectivity index (χ4v) is 3.28. The molecular formula is C19H21N3O3S. The van der Waals surface area contributed by atoms with E-state index in [-0.39, 0.29) is 11.7 Å². The number of hydrogen-bond acceptors (Lipinski definition) is 6. The number of amides is 1. The van der Waals surface area contributed by atoms with Crippen LogP contribution in [0.2, 0.25) is 0 Å². The maximum atomic E-state index is 12.3. The lowest BCUT2D eigenvalue weighted by Crippen LogP contribution is -2.14. The zero-order chi connectivity index (χ0) is 19.3. The van der Waals surface area contributed by atoms with Crippen LogP contribution in [0.15, 0.2) is 23.2 Å². The van der Waals surface area contributed by atoms with Crippen molar-refractivity contribution < 1.29 is 14.3 Å². The lowest BCUT2D eigenvalue weighted by Gasteiger charge is -2.12. The Balaban J connectivity index is 2.10. The summed E-state index contributed by atoms with van der Waals surface area (Å²) in [5.41, 5.74) is 3.91. The average Bonchev–Trinajstić information content (AvgIpc) is 2.64. The molecule has 26 heavy (non-hydrogen) atoms. The van der Waals surface area contributed by atoms with E-state index in [1.165, 1.54) is 18.9 Å². The zero-order valence-corrected chi connectivity index (χ0v) is 16.3. The molecule has 0 fully saturated rings. The van der Waals surface area contributed by atoms with E-state index < -0.39 is 0 Å². The van der Waals surface area contributed by atoms with E-state index in [9.17, 15) is 10.1 Å². The Bertz CT molecular complexity index is 875. The summed E-state index contributed by atoms with van der Waals surface area (Å²) in [5.74, 6) is 1.09. The van der Waals surface area contributed by atoms with Gasteiger partial charge in [0, 0.05) is 17.4 Å². The first-order chi connectivity index (χ1) is 12.4. The van der Waals surface area contributed by atoms with Crippen LogP contribution in [0.25, 0.3) is 0 Å². The van der Waals surface area contributed by atoms with Gasteiger partial charge in [0.05, 0.1) is 25.5 Å². The van der Waals surface area contributed by atoms with Crippen LogP contribution < -0.4 is 14.8 Å². The number of aryl methyl sites for hydroxylation is 1. The average molecular weight is 371 g/mol. The summed E-state index contributed by atoms with van der Waals surface area (Å²) in [6, 6.07) is 7.35. The van der Waals surface area contributed by atoms with Crippen LogP contribution in [0.5, 0.6) is 11.5 Å². The van der Waals surface area contributed by atoms with E-state index in [0.29, 0.717) is 27.8 Å². The van der Waals surface area contributed by atoms with Gasteiger partial charge in [-0.3, -0.25) is 4.79 Å². The fraction of sp³-hybridized carbons (Fsp3) is 0.316. The summed E-state index contributed by atoms with van der Waals surface area (Å²) in [5, 5.41) is 12.8. The quantitative estimate of drug-likeness (QED) is 0.781. The minimum absolute atomic E-state index is 0.151. The smallest absolute Gasteiger partial charge is 0.234 e. The lowest BCUT2D eigenvalue weighted by molar-refractivity contribution is -0.113. The molecule has 2 aromatic rings. The van der Waals surface area contributed by atoms with Crippen LogP contribution in [0.1, 0.15) is 22.4 Å². The molecule has 0 aliphatic heterocycles. The first-order valence-electron chi connectivity index (χ1n) is 7.93. The van der Waals surface area contributed by atoms with Gasteiger partial charge in [-0.1, -0.05) is 11.8 Å². The number of carbonyl (C=O) groups is 1. The van der Waals surface area contributed by atoms with Crippen LogP contribution in [-0.4, -0.2) is 30.9 Å². The molecule has 1 amide bonds. The third kappa shape index (κ3) is 4.27. The summed E-state index contributed by atoms with van der Waals surface area (Å²) >= 11 is 1.25. The number of nitrogens with zero attached hydrogens (tertiary/aromatic N) is 2. The second-order valence-corrected chi connectivity index (χ2v) is 6.61. The Kier molecular flexibility index (Phi) is 6.47. The zero-order valence-electron chi connectivity index (χ0n) is 15.5. The highest BCUT2D eigenvalue weighted by Crippen LogP contribution is 2.30. The summed E-state index contributed by atoms with van der Waals surface area (Å²) in [6.07, 6.45) is 0. The molecule has 1 N–H and O–H groups in total. The Morgan fingerprint density at radius 2 is 1.88 bits per heavy atom. The van der Waals surface area contributed by atoms with Gasteiger partial charge in [-0.15, -0.1) is 0 Å². The van der Waals surface area contributed by atoms with Crippen molar-refractivity contribution >= 4 is 23.4 Å². The maximum absolute atomic E-state index is 12.3. The largest absolute Gasteiger partial charge is 0.493 e. The topological polar surface area (TPSA) is 84.2 Å². The first kappa shape index (κ1) is 19.6. The molecule has 6 nitrogen and oxygen atoms in total. The van der Waals surface area contributed by atoms with Gasteiger partial charge < -0.3 is 14.8 Å². The van der Waals surface area contributed by atoms with Gasteiger partial charge in [-0.05, 0) is 44.0 Å². The molecule has 1 heterocycles. The van der Waals surface area contributed by atoms with Gasteiger partial charge in [0.15, 0.2) is 11.5 Å². The van der Waals surface area contributed by atoms with Crippen molar-refractivity contribution in [3.63, 3.8) is 0 Å². The highest BCUT2D eigenvalue weighted by atomic mass is 32.2. The number of benzene rings is 1. The monoisotopic (exact) mass is 371 g/mol. The van der Waals surface area contributed by atoms with Crippen molar-refractivity contribution in [2.45, 2.75) is 25.8 Å². The van der Waals surface area contributed by atoms with Crippen molar-refractivity contribution in [1.29, 1.82) is 5.26 Å². The Morgan fingerprint density at radius 3 is 2.50 bits per heavy atom. The molecule has 7 heteroatoms. The van der Waals surface area contributed by atoms with E-state index >= 15 is 0 Å². The summed E-state index contributed by atoms with van der Waals surface area (Å²) in [6.45, 7) is 5.74. The molecule has 0 bridgehead atoms. The molecule has 0 unspecified atom stereocenters. The van der Waals surface area contributed by atoms with Crippen LogP contribution in [0, 0.1) is 32.1 Å². The predicted octanol–water partition coefficient (Wildman–Crippen LogP) is 3.63. The number of carbonyl (C=O) groups excluding carboxylic acids is 1. The van der Waals surface area contributed by atoms with Gasteiger partial charge in [0.2, 0.25) is 5.91 Å². The number of nitriles is 1. The second kappa shape index (κ2) is 8.59. The molecular weight excluding hydrogens is 350 g/mol. The van der Waals surface area contributed by atoms with Gasteiger partial charge in [-0.2, -0.15) is 5.26 Å². The Hall–Kier alpha value is -2.72. The number of aromatic nitrogens is 1. The highest BCUT2D eigenvalue weighted by Gasteiger charge is 2.15. The van der Waals surface area contributed by atoms with Gasteiger partial charge in [0.1, 0.15) is 11.1 Å². The van der Waals surface area contributed by atoms with Crippen molar-refractivity contribution in [1.82, 2.24) is 4.98 Å². The number of nitrogens with one attached hydrogen (secondary N) is 1. The summed E-state index contributed by atoms with van der Waals surface area (Å²) in [7, 11) is 3.09. The normalized spacial score (nSPS) is 10.2. The SMILES string of the molecule is COc1ccc(NC(=O)CSc2nc(C)c(C)c(C)c2C#N)cc1OC. The number of rotatable bonds is 6. The number of methoxy groups -OCH3 is 2. The van der Waals surface area contributed by atoms with E-state index in [1.54, 1.807) is 25.3 Å². The lowest BCUT2D eigenvalue weighted by atomic mass is 10.1. The van der Waals surface area contributed by atoms with Crippen molar-refractivity contribution in [3.05, 3.63) is 40.6 Å². The van der Waals surface area contributed by atoms with Crippen LogP contribution in [0.3, 0.4) is 0 Å². The van der Waals surface area contributed by atoms with Gasteiger partial charge in [0.25, 0.3) is 0 Å². The number of ether oxygens (including phenoxy) is 2. The summed E-state index contributed by atoms with van der Waals surface area (Å²) in [4.78, 5) is 16.7. The van der Waals surface area contributed by atoms with Crippen molar-refractivity contribution in [2.75, 3.05) is 25.3 Å². The third-order valence-corrected chi connectivity index (χ3v) is 5.06. The molecule has 1 aromatic carbocycles. The second-order valence-electron chi connectivity index (χ2n) is 5.65. The summed E-state index contributed by atoms with van der Waals surface area (Å²) < 4.78 is 10.4. The number of anilines is 1. The minimum atomic E-state index is -0.191. The Labute approximate surface area is 157 Å². The fourth-order valence-electron chi connectivity index (χ4n) is 2.39. The molecule has 1 aromatic heterocycles. The van der Waals surface area contributed by atoms with Crippen LogP contribution in [-0.2, 0) is 4.79 Å². The van der Waals surface area contributed by atoms with Crippen molar-refractivity contribution in [2.24, 2.45) is 0 Å². The molecule has 0 saturated carbocycles. The number of hydrogen-bond donors (Lipinski definition) is 1. The van der Waals surface area contributed by atoms with Crippen LogP contribution >= 0.6 is 11.8 Å². The van der Waals surface area contributed by atoms with E-state index in [1.807, 2.05) is 20.8 Å². The number of thioether (sulfide) groups is 1. The molecule has 0 aliphatic rings. The Morgan fingerprint density at radius 1 is 1.19 bits per heavy atom. The van der Waals surface area contributed by atoms with E-state index in [4.69, 9.17) is 9.47 Å². The third-order valence-electron chi connectivity index (χ3n) is 4.08. The van der Waals surface area contributed by atoms with E-state index in [2.05, 4.69) is 16.4 Å². The van der Waals surface area contributed by atoms with Gasteiger partial charge in [-0.25, -0.2) is 4.98 Å². The van der Waals surface area contributed by atoms with Crippen molar-refractivity contribution in [3.8, 4) is 17.6 Å². The number of pyridine rings is 1. The standard InChI is InChI=1S/C19H21N3O3S/c1-11-12(2)15(9-20)19(21-13(11)3)26-10-18(23)22-14-6-7-16(24-4)17(8-14)25-5/h6-8H,10H2,1-5H3,(H,22,23). The molecule has 0 saturated heterocycles. The minimum Gasteiger partial charge on any atom is -0.493 e. The maximum Gasteiger partial charge on any atom is 0.234 e. The first-order valence-corrected chi connectivity index (χ1v) is 8.92. The predicted molar refractivity (Wildman–Crippen MR) is 102 cm³/mol. The molecule has 0 radical (unpaired) electrons.